The summed E-state index contributed by atoms with van der Waals surface area (Å²) in [6.07, 6.45) is 0.336. The Morgan fingerprint density at radius 1 is 1.05 bits per heavy atom. The van der Waals surface area contributed by atoms with E-state index in [0.29, 0.717) is 54.1 Å². The first-order valence-electron chi connectivity index (χ1n) is 27.4. The van der Waals surface area contributed by atoms with Crippen LogP contribution in [0.4, 0.5) is 29.7 Å². The predicted octanol–water partition coefficient (Wildman–Crippen LogP) is 8.53. The number of fused-ring (bicyclic) bond motifs is 5. The summed E-state index contributed by atoms with van der Waals surface area (Å²) < 4.78 is 60.9. The fourth-order valence-corrected chi connectivity index (χ4v) is 10.8. The molecule has 2 aromatic rings. The molecule has 2 fully saturated rings. The lowest BCUT2D eigenvalue weighted by molar-refractivity contribution is -0.187. The van der Waals surface area contributed by atoms with Gasteiger partial charge in [-0.1, -0.05) is 84.7 Å². The molecule has 3 aliphatic rings. The minimum Gasteiger partial charge on any atom is -0.462 e. The van der Waals surface area contributed by atoms with Crippen LogP contribution in [0.2, 0.25) is 5.02 Å². The average Bonchev–Trinajstić information content (AvgIpc) is 4.18. The largest absolute Gasteiger partial charge is 0.462 e. The molecule has 5 amide bonds. The number of methoxy groups -OCH3 is 1. The third kappa shape index (κ3) is 18.2. The molecule has 3 heterocycles. The summed E-state index contributed by atoms with van der Waals surface area (Å²) in [6, 6.07) is 2.92. The normalized spacial score (nSPS) is 24.6. The predicted molar refractivity (Wildman–Crippen MR) is 306 cm³/mol. The smallest absolute Gasteiger partial charge is 0.412 e. The number of nitrogens with two attached hydrogens (primary N) is 1. The van der Waals surface area contributed by atoms with Crippen molar-refractivity contribution in [2.45, 2.75) is 160 Å². The number of carbonyl (C=O) groups excluding carboxylic acids is 8. The van der Waals surface area contributed by atoms with Gasteiger partial charge in [-0.2, -0.15) is 0 Å². The molecule has 4 bridgehead atoms. The maximum Gasteiger partial charge on any atom is 0.412 e. The van der Waals surface area contributed by atoms with Crippen LogP contribution in [0.15, 0.2) is 60.2 Å². The van der Waals surface area contributed by atoms with Crippen molar-refractivity contribution in [3.05, 3.63) is 93.6 Å². The number of amides is 5. The average molecular weight is 1230 g/mol. The number of ether oxygens (including phenoxy) is 5. The molecular formula is C59H77BrClF2N5O14. The number of nitrogens with one attached hydrogen (secondary N) is 3. The number of hydrogen-bond donors (Lipinski definition) is 5. The third-order valence-electron chi connectivity index (χ3n) is 15.2. The highest BCUT2D eigenvalue weighted by Gasteiger charge is 2.64. The van der Waals surface area contributed by atoms with E-state index in [0.717, 1.165) is 11.1 Å². The minimum absolute atomic E-state index is 0.0227. The molecule has 0 radical (unpaired) electrons. The lowest BCUT2D eigenvalue weighted by Gasteiger charge is -2.41. The van der Waals surface area contributed by atoms with E-state index < -0.39 is 131 Å². The Morgan fingerprint density at radius 3 is 2.44 bits per heavy atom. The Balaban J connectivity index is 1.33. The Labute approximate surface area is 490 Å². The number of epoxide rings is 1. The zero-order chi connectivity index (χ0) is 60.8. The fraction of sp³-hybridized carbons (Fsp3) is 0.559. The van der Waals surface area contributed by atoms with Gasteiger partial charge in [0.1, 0.15) is 46.9 Å². The van der Waals surface area contributed by atoms with E-state index in [1.807, 2.05) is 19.1 Å². The van der Waals surface area contributed by atoms with Crippen LogP contribution in [-0.2, 0) is 65.3 Å². The maximum atomic E-state index is 16.1. The number of urea groups is 1. The number of benzene rings is 2. The highest BCUT2D eigenvalue weighted by Crippen LogP contribution is 2.50. The molecule has 2 aromatic carbocycles. The van der Waals surface area contributed by atoms with Crippen LogP contribution in [0.5, 0.6) is 0 Å². The Bertz CT molecular complexity index is 2800. The number of Topliss-reactive ketones (excluding diaryl/α,β-unsaturated/α-hetero) is 2. The number of halogens is 4. The second-order valence-corrected chi connectivity index (χ2v) is 23.0. The highest BCUT2D eigenvalue weighted by molar-refractivity contribution is 9.09. The van der Waals surface area contributed by atoms with Crippen LogP contribution in [0.25, 0.3) is 0 Å². The summed E-state index contributed by atoms with van der Waals surface area (Å²) in [6.45, 7) is 14.3. The number of carbonyl (C=O) groups is 8. The van der Waals surface area contributed by atoms with E-state index in [1.165, 1.54) is 19.1 Å². The van der Waals surface area contributed by atoms with Crippen molar-refractivity contribution in [3.63, 3.8) is 0 Å². The van der Waals surface area contributed by atoms with Crippen molar-refractivity contribution >= 4 is 86.3 Å². The van der Waals surface area contributed by atoms with Crippen LogP contribution >= 0.6 is 27.5 Å². The molecule has 23 heteroatoms. The van der Waals surface area contributed by atoms with Crippen molar-refractivity contribution in [1.29, 1.82) is 0 Å². The Kier molecular flexibility index (Phi) is 24.4. The first-order valence-corrected chi connectivity index (χ1v) is 28.9. The molecule has 3 aliphatic heterocycles. The minimum atomic E-state index is -1.69. The number of esters is 2. The molecule has 19 nitrogen and oxygen atoms in total. The monoisotopic (exact) mass is 1230 g/mol. The number of unbranched alkanes of at least 4 members (excludes halogenated alkanes) is 2. The van der Waals surface area contributed by atoms with Crippen LogP contribution in [-0.4, -0.2) is 127 Å². The molecule has 0 aliphatic carbocycles. The molecule has 0 unspecified atom stereocenters. The van der Waals surface area contributed by atoms with Gasteiger partial charge in [-0.15, -0.1) is 0 Å². The Morgan fingerprint density at radius 2 is 1.77 bits per heavy atom. The number of ketones is 2. The van der Waals surface area contributed by atoms with E-state index in [4.69, 9.17) is 41.0 Å². The molecule has 0 aromatic heterocycles. The molecule has 9 atom stereocenters. The summed E-state index contributed by atoms with van der Waals surface area (Å²) >= 11 is 9.96. The quantitative estimate of drug-likeness (QED) is 0.0174. The summed E-state index contributed by atoms with van der Waals surface area (Å²) in [7, 11) is 2.93. The van der Waals surface area contributed by atoms with E-state index >= 15 is 8.78 Å². The number of alkyl halides is 1. The van der Waals surface area contributed by atoms with Gasteiger partial charge in [0.15, 0.2) is 5.78 Å². The topological polar surface area (TPSA) is 272 Å². The van der Waals surface area contributed by atoms with Gasteiger partial charge < -0.3 is 50.1 Å². The van der Waals surface area contributed by atoms with Gasteiger partial charge in [-0.25, -0.2) is 23.2 Å². The van der Waals surface area contributed by atoms with E-state index in [9.17, 15) is 43.5 Å². The van der Waals surface area contributed by atoms with Crippen LogP contribution in [0.1, 0.15) is 116 Å². The van der Waals surface area contributed by atoms with Gasteiger partial charge in [0.25, 0.3) is 0 Å². The standard InChI is InChI=1S/C59H77BrClF2N5O14/c1-32(2)40(26-39(69)16-11-10-12-20-79-55(74)35(5)31-60)54(73)66-43(17-14-19-65-56(64)75)46(70)25-38-24-42(63)44(27-41(38)62)67-57(76)81-49-28-50(71)68(8)45-23-37(22-34(4)52(45)61)21-33(3)15-13-18-48(78-9)59(77)29-47(80-51(72)30-59)36(6)53-58(49,7)82-53/h13,15,18,22-24,27,32,36,40,43,47-49,53,77H,5,10-12,14,16-17,19-21,25-26,28-31H2,1-4,6-9H3,(H,66,73)(H,67,76)(H3,64,65,75)/b18-13+,33-15+/t36-,40+,43+,47+,48-,49+,53+,58+,59-/m1/s1. The van der Waals surface area contributed by atoms with Crippen molar-refractivity contribution in [3.8, 4) is 0 Å². The number of anilines is 2. The zero-order valence-corrected chi connectivity index (χ0v) is 50.1. The number of hydrogen-bond acceptors (Lipinski definition) is 14. The number of aryl methyl sites for hydroxylation is 1. The second-order valence-electron chi connectivity index (χ2n) is 22.1. The zero-order valence-electron chi connectivity index (χ0n) is 47.8. The number of primary amides is 1. The number of rotatable bonds is 23. The molecule has 82 heavy (non-hydrogen) atoms. The lowest BCUT2D eigenvalue weighted by Crippen LogP contribution is -2.53. The molecule has 0 spiro atoms. The molecule has 6 N–H and O–H groups in total. The molecule has 0 saturated carbocycles. The van der Waals surface area contributed by atoms with Gasteiger partial charge in [0.05, 0.1) is 48.0 Å². The van der Waals surface area contributed by atoms with Crippen LogP contribution in [0.3, 0.4) is 0 Å². The lowest BCUT2D eigenvalue weighted by atomic mass is 9.78. The van der Waals surface area contributed by atoms with Gasteiger partial charge in [0, 0.05) is 75.2 Å². The SMILES string of the molecule is C=C(CBr)C(=O)OCCCCCC(=O)C[C@H](C(=O)N[C@@H](CCCNC(N)=O)C(=O)Cc1cc(F)c(NC(=O)O[C@H]2CC(=O)N(C)c3cc(cc(C)c3Cl)C/C(C)=C/C=C/[C@@H](OC)[C@]3(O)CC(=O)O[C@@H](C3)[C@@H](C)[C@@H]3O[C@@]23C)cc1F)C(C)C. The second kappa shape index (κ2) is 30.0. The number of aliphatic hydroxyl groups is 1. The maximum absolute atomic E-state index is 16.1. The van der Waals surface area contributed by atoms with Gasteiger partial charge in [-0.3, -0.25) is 29.3 Å². The molecule has 450 valence electrons. The first-order chi connectivity index (χ1) is 38.6. The van der Waals surface area contributed by atoms with Gasteiger partial charge in [-0.05, 0) is 94.0 Å². The van der Waals surface area contributed by atoms with Crippen molar-refractivity contribution in [2.75, 3.05) is 42.9 Å². The fourth-order valence-electron chi connectivity index (χ4n) is 10.3. The van der Waals surface area contributed by atoms with E-state index in [1.54, 1.807) is 52.8 Å². The molecule has 5 rings (SSSR count). The van der Waals surface area contributed by atoms with Crippen molar-refractivity contribution in [1.82, 2.24) is 10.6 Å². The van der Waals surface area contributed by atoms with Gasteiger partial charge >= 0.3 is 24.1 Å². The van der Waals surface area contributed by atoms with Crippen molar-refractivity contribution in [2.24, 2.45) is 23.5 Å². The summed E-state index contributed by atoms with van der Waals surface area (Å²) in [4.78, 5) is 107. The van der Waals surface area contributed by atoms with Crippen molar-refractivity contribution < 1.29 is 75.9 Å². The first kappa shape index (κ1) is 66.7. The number of nitrogens with zero attached hydrogens (tertiary/aromatic N) is 1. The van der Waals surface area contributed by atoms with Crippen LogP contribution < -0.4 is 26.6 Å². The highest BCUT2D eigenvalue weighted by atomic mass is 79.9. The van der Waals surface area contributed by atoms with Gasteiger partial charge in [0.2, 0.25) is 11.8 Å². The molecule has 2 saturated heterocycles. The van der Waals surface area contributed by atoms with E-state index in [2.05, 4.69) is 38.5 Å². The summed E-state index contributed by atoms with van der Waals surface area (Å²) in [5, 5.41) is 19.9. The molecular weight excluding hydrogens is 1160 g/mol. The summed E-state index contributed by atoms with van der Waals surface area (Å²) in [5.41, 5.74) is 4.04. The summed E-state index contributed by atoms with van der Waals surface area (Å²) in [5.74, 6) is -7.44. The van der Waals surface area contributed by atoms with Crippen LogP contribution in [0, 0.1) is 36.3 Å². The number of allylic oxidation sites excluding steroid dienone is 3. The van der Waals surface area contributed by atoms with E-state index in [-0.39, 0.29) is 74.3 Å². The third-order valence-corrected chi connectivity index (χ3v) is 16.4. The Hall–Kier alpha value is -6.07.